The number of ether oxygens (including phenoxy) is 2. The average Bonchev–Trinajstić information content (AvgIpc) is 2.95. The topological polar surface area (TPSA) is 86.4 Å². The molecule has 0 bridgehead atoms. The molecule has 0 radical (unpaired) electrons. The molecule has 2 amide bonds. The van der Waals surface area contributed by atoms with Crippen LogP contribution in [0.25, 0.3) is 0 Å². The zero-order valence-corrected chi connectivity index (χ0v) is 23.0. The number of anilines is 3. The van der Waals surface area contributed by atoms with Gasteiger partial charge in [0.1, 0.15) is 5.75 Å². The van der Waals surface area contributed by atoms with Crippen LogP contribution in [0.1, 0.15) is 36.0 Å². The van der Waals surface area contributed by atoms with Gasteiger partial charge in [-0.05, 0) is 56.1 Å². The number of para-hydroxylation sites is 2. The lowest BCUT2D eigenvalue weighted by Gasteiger charge is -2.38. The zero-order valence-electron chi connectivity index (χ0n) is 23.0. The lowest BCUT2D eigenvalue weighted by atomic mass is 9.85. The van der Waals surface area contributed by atoms with E-state index in [0.717, 1.165) is 102 Å². The molecule has 0 spiro atoms. The van der Waals surface area contributed by atoms with Crippen molar-refractivity contribution in [2.45, 2.75) is 25.7 Å². The molecule has 5 rings (SSSR count). The molecule has 2 aromatic carbocycles. The first-order chi connectivity index (χ1) is 19.1. The van der Waals surface area contributed by atoms with E-state index in [2.05, 4.69) is 31.4 Å². The maximum absolute atomic E-state index is 13.5. The summed E-state index contributed by atoms with van der Waals surface area (Å²) in [6, 6.07) is 13.8. The third kappa shape index (κ3) is 6.83. The van der Waals surface area contributed by atoms with Crippen molar-refractivity contribution in [1.29, 1.82) is 0 Å². The van der Waals surface area contributed by atoms with Gasteiger partial charge in [0.05, 0.1) is 31.6 Å². The maximum atomic E-state index is 13.5. The van der Waals surface area contributed by atoms with E-state index in [0.29, 0.717) is 17.8 Å². The number of morpholine rings is 1. The highest BCUT2D eigenvalue weighted by molar-refractivity contribution is 6.02. The van der Waals surface area contributed by atoms with Gasteiger partial charge in [-0.25, -0.2) is 0 Å². The highest BCUT2D eigenvalue weighted by Gasteiger charge is 2.27. The molecule has 2 heterocycles. The zero-order chi connectivity index (χ0) is 27.0. The Morgan fingerprint density at radius 1 is 0.949 bits per heavy atom. The number of hydrogen-bond acceptors (Lipinski definition) is 7. The van der Waals surface area contributed by atoms with E-state index >= 15 is 0 Å². The molecule has 210 valence electrons. The van der Waals surface area contributed by atoms with Crippen LogP contribution in [0.2, 0.25) is 0 Å². The predicted molar refractivity (Wildman–Crippen MR) is 154 cm³/mol. The fourth-order valence-corrected chi connectivity index (χ4v) is 5.49. The number of carbonyl (C=O) groups excluding carboxylic acids is 2. The molecule has 2 aliphatic heterocycles. The summed E-state index contributed by atoms with van der Waals surface area (Å²) >= 11 is 0. The second kappa shape index (κ2) is 13.2. The molecule has 9 heteroatoms. The number of methoxy groups -OCH3 is 1. The number of nitrogens with one attached hydrogen (secondary N) is 2. The van der Waals surface area contributed by atoms with Gasteiger partial charge in [-0.1, -0.05) is 18.6 Å². The number of benzene rings is 2. The fourth-order valence-electron chi connectivity index (χ4n) is 5.49. The standard InChI is InChI=1S/C30H41N5O4/c1-38-28-9-3-2-8-27(28)35-16-14-34(15-17-35)26-11-10-24(32-29(36)23-6-4-7-23)22-25(26)30(37)31-12-5-13-33-18-20-39-21-19-33/h2-3,8-11,22-23H,4-7,12-21H2,1H3,(H,31,37)(H,32,36). The molecule has 2 saturated heterocycles. The van der Waals surface area contributed by atoms with Gasteiger partial charge >= 0.3 is 0 Å². The summed E-state index contributed by atoms with van der Waals surface area (Å²) in [5.41, 5.74) is 3.29. The molecular formula is C30H41N5O4. The van der Waals surface area contributed by atoms with Gasteiger partial charge in [0, 0.05) is 63.1 Å². The number of amides is 2. The van der Waals surface area contributed by atoms with Crippen LogP contribution in [0.15, 0.2) is 42.5 Å². The number of carbonyl (C=O) groups is 2. The van der Waals surface area contributed by atoms with Gasteiger partial charge in [0.2, 0.25) is 5.91 Å². The summed E-state index contributed by atoms with van der Waals surface area (Å²) in [7, 11) is 1.70. The van der Waals surface area contributed by atoms with Gasteiger partial charge in [-0.15, -0.1) is 0 Å². The quantitative estimate of drug-likeness (QED) is 0.452. The predicted octanol–water partition coefficient (Wildman–Crippen LogP) is 3.21. The van der Waals surface area contributed by atoms with Crippen LogP contribution in [0.4, 0.5) is 17.1 Å². The van der Waals surface area contributed by atoms with Crippen molar-refractivity contribution < 1.29 is 19.1 Å². The number of nitrogens with zero attached hydrogens (tertiary/aromatic N) is 3. The Bertz CT molecular complexity index is 1120. The van der Waals surface area contributed by atoms with Crippen LogP contribution in [-0.4, -0.2) is 89.4 Å². The summed E-state index contributed by atoms with van der Waals surface area (Å²) in [4.78, 5) is 33.0. The minimum Gasteiger partial charge on any atom is -0.495 e. The lowest BCUT2D eigenvalue weighted by Crippen LogP contribution is -2.47. The van der Waals surface area contributed by atoms with Crippen LogP contribution < -0.4 is 25.2 Å². The van der Waals surface area contributed by atoms with E-state index in [1.54, 1.807) is 7.11 Å². The molecule has 9 nitrogen and oxygen atoms in total. The van der Waals surface area contributed by atoms with E-state index in [1.807, 2.05) is 36.4 Å². The molecular weight excluding hydrogens is 494 g/mol. The van der Waals surface area contributed by atoms with Gasteiger partial charge in [-0.2, -0.15) is 0 Å². The largest absolute Gasteiger partial charge is 0.495 e. The van der Waals surface area contributed by atoms with E-state index in [1.165, 1.54) is 0 Å². The first-order valence-corrected chi connectivity index (χ1v) is 14.3. The van der Waals surface area contributed by atoms with E-state index in [4.69, 9.17) is 9.47 Å². The second-order valence-electron chi connectivity index (χ2n) is 10.6. The van der Waals surface area contributed by atoms with Crippen molar-refractivity contribution in [3.8, 4) is 5.75 Å². The SMILES string of the molecule is COc1ccccc1N1CCN(c2ccc(NC(=O)C3CCC3)cc2C(=O)NCCCN2CCOCC2)CC1. The van der Waals surface area contributed by atoms with Crippen molar-refractivity contribution in [2.24, 2.45) is 5.92 Å². The lowest BCUT2D eigenvalue weighted by molar-refractivity contribution is -0.122. The molecule has 3 aliphatic rings. The fraction of sp³-hybridized carbons (Fsp3) is 0.533. The van der Waals surface area contributed by atoms with Gasteiger partial charge < -0.3 is 29.9 Å². The summed E-state index contributed by atoms with van der Waals surface area (Å²) in [6.07, 6.45) is 3.88. The Kier molecular flexibility index (Phi) is 9.21. The highest BCUT2D eigenvalue weighted by atomic mass is 16.5. The summed E-state index contributed by atoms with van der Waals surface area (Å²) in [5.74, 6) is 0.912. The number of hydrogen-bond donors (Lipinski definition) is 2. The monoisotopic (exact) mass is 535 g/mol. The van der Waals surface area contributed by atoms with Crippen molar-refractivity contribution in [1.82, 2.24) is 10.2 Å². The van der Waals surface area contributed by atoms with E-state index < -0.39 is 0 Å². The van der Waals surface area contributed by atoms with Crippen molar-refractivity contribution in [3.05, 3.63) is 48.0 Å². The van der Waals surface area contributed by atoms with Gasteiger partial charge in [0.15, 0.2) is 0 Å². The maximum Gasteiger partial charge on any atom is 0.253 e. The summed E-state index contributed by atoms with van der Waals surface area (Å²) < 4.78 is 11.0. The third-order valence-electron chi connectivity index (χ3n) is 8.07. The molecule has 39 heavy (non-hydrogen) atoms. The van der Waals surface area contributed by atoms with Gasteiger partial charge in [0.25, 0.3) is 5.91 Å². The summed E-state index contributed by atoms with van der Waals surface area (Å²) in [5, 5.41) is 6.17. The molecule has 1 saturated carbocycles. The normalized spacial score (nSPS) is 18.4. The Balaban J connectivity index is 1.25. The molecule has 2 aromatic rings. The molecule has 0 aromatic heterocycles. The Labute approximate surface area is 231 Å². The molecule has 2 N–H and O–H groups in total. The third-order valence-corrected chi connectivity index (χ3v) is 8.07. The van der Waals surface area contributed by atoms with Gasteiger partial charge in [-0.3, -0.25) is 14.5 Å². The van der Waals surface area contributed by atoms with Crippen LogP contribution in [-0.2, 0) is 9.53 Å². The number of piperazine rings is 1. The molecule has 0 atom stereocenters. The minimum absolute atomic E-state index is 0.0521. The highest BCUT2D eigenvalue weighted by Crippen LogP contribution is 2.32. The minimum atomic E-state index is -0.0983. The van der Waals surface area contributed by atoms with Crippen LogP contribution in [0.5, 0.6) is 5.75 Å². The average molecular weight is 536 g/mol. The molecule has 3 fully saturated rings. The Hall–Kier alpha value is -3.30. The smallest absolute Gasteiger partial charge is 0.253 e. The summed E-state index contributed by atoms with van der Waals surface area (Å²) in [6.45, 7) is 8.20. The molecule has 1 aliphatic carbocycles. The number of rotatable bonds is 10. The van der Waals surface area contributed by atoms with Crippen LogP contribution >= 0.6 is 0 Å². The van der Waals surface area contributed by atoms with Crippen LogP contribution in [0.3, 0.4) is 0 Å². The van der Waals surface area contributed by atoms with Crippen molar-refractivity contribution >= 4 is 28.9 Å². The molecule has 0 unspecified atom stereocenters. The van der Waals surface area contributed by atoms with E-state index in [-0.39, 0.29) is 17.7 Å². The Morgan fingerprint density at radius 3 is 2.36 bits per heavy atom. The van der Waals surface area contributed by atoms with E-state index in [9.17, 15) is 9.59 Å². The first-order valence-electron chi connectivity index (χ1n) is 14.3. The Morgan fingerprint density at radius 2 is 1.67 bits per heavy atom. The van der Waals surface area contributed by atoms with Crippen LogP contribution in [0, 0.1) is 5.92 Å². The first kappa shape index (κ1) is 27.3. The second-order valence-corrected chi connectivity index (χ2v) is 10.6. The van der Waals surface area contributed by atoms with Crippen molar-refractivity contribution in [3.63, 3.8) is 0 Å². The van der Waals surface area contributed by atoms with Crippen molar-refractivity contribution in [2.75, 3.05) is 87.8 Å².